The van der Waals surface area contributed by atoms with Crippen LogP contribution in [0, 0.1) is 0 Å². The molecule has 1 saturated carbocycles. The predicted octanol–water partition coefficient (Wildman–Crippen LogP) is 1.85. The van der Waals surface area contributed by atoms with Gasteiger partial charge in [0.25, 0.3) is 5.56 Å². The van der Waals surface area contributed by atoms with Gasteiger partial charge in [-0.05, 0) is 25.0 Å². The number of rotatable bonds is 2. The van der Waals surface area contributed by atoms with Gasteiger partial charge < -0.3 is 5.73 Å². The Bertz CT molecular complexity index is 639. The molecular weight excluding hydrogens is 266 g/mol. The van der Waals surface area contributed by atoms with E-state index in [2.05, 4.69) is 15.3 Å². The molecule has 2 aromatic rings. The molecule has 1 aliphatic carbocycles. The fraction of sp³-hybridized carbons (Fsp3) is 0.417. The molecule has 6 nitrogen and oxygen atoms in total. The van der Waals surface area contributed by atoms with Crippen molar-refractivity contribution in [3.8, 4) is 5.82 Å². The molecule has 1 fully saturated rings. The summed E-state index contributed by atoms with van der Waals surface area (Å²) in [6.45, 7) is 0. The number of aromatic amines is 1. The second-order valence-electron chi connectivity index (χ2n) is 4.78. The highest BCUT2D eigenvalue weighted by molar-refractivity contribution is 6.29. The third-order valence-electron chi connectivity index (χ3n) is 3.57. The van der Waals surface area contributed by atoms with Gasteiger partial charge in [-0.2, -0.15) is 4.68 Å². The first-order valence-electron chi connectivity index (χ1n) is 6.27. The molecule has 2 heterocycles. The second-order valence-corrected chi connectivity index (χ2v) is 5.16. The minimum Gasteiger partial charge on any atom is -0.393 e. The predicted molar refractivity (Wildman–Crippen MR) is 72.6 cm³/mol. The molecule has 0 aromatic carbocycles. The van der Waals surface area contributed by atoms with Crippen molar-refractivity contribution in [1.29, 1.82) is 0 Å². The lowest BCUT2D eigenvalue weighted by Crippen LogP contribution is -2.18. The largest absolute Gasteiger partial charge is 0.393 e. The van der Waals surface area contributed by atoms with Crippen LogP contribution in [0.2, 0.25) is 5.15 Å². The number of nitrogens with two attached hydrogens (primary N) is 1. The third-order valence-corrected chi connectivity index (χ3v) is 3.77. The summed E-state index contributed by atoms with van der Waals surface area (Å²) in [5, 5.41) is 11.0. The smallest absolute Gasteiger partial charge is 0.296 e. The number of nitrogens with zero attached hydrogens (tertiary/aromatic N) is 3. The van der Waals surface area contributed by atoms with E-state index in [9.17, 15) is 4.79 Å². The lowest BCUT2D eigenvalue weighted by atomic mass is 10.0. The van der Waals surface area contributed by atoms with E-state index in [1.807, 2.05) is 0 Å². The maximum Gasteiger partial charge on any atom is 0.296 e. The number of anilines is 1. The summed E-state index contributed by atoms with van der Waals surface area (Å²) in [5.41, 5.74) is 6.73. The Kier molecular flexibility index (Phi) is 3.02. The van der Waals surface area contributed by atoms with E-state index in [0.717, 1.165) is 18.5 Å². The van der Waals surface area contributed by atoms with Gasteiger partial charge in [0.1, 0.15) is 5.69 Å². The van der Waals surface area contributed by atoms with Crippen LogP contribution in [0.15, 0.2) is 16.9 Å². The second kappa shape index (κ2) is 4.70. The molecule has 3 N–H and O–H groups in total. The van der Waals surface area contributed by atoms with Crippen LogP contribution in [0.3, 0.4) is 0 Å². The van der Waals surface area contributed by atoms with Crippen LogP contribution in [0.4, 0.5) is 5.69 Å². The number of nitrogen functional groups attached to an aromatic ring is 1. The van der Waals surface area contributed by atoms with Crippen molar-refractivity contribution >= 4 is 17.3 Å². The van der Waals surface area contributed by atoms with E-state index in [4.69, 9.17) is 17.3 Å². The number of aromatic nitrogens is 4. The topological polar surface area (TPSA) is 89.6 Å². The Morgan fingerprint density at radius 1 is 1.32 bits per heavy atom. The molecular formula is C12H14ClN5O. The zero-order valence-electron chi connectivity index (χ0n) is 10.3. The van der Waals surface area contributed by atoms with Gasteiger partial charge in [0, 0.05) is 5.92 Å². The minimum atomic E-state index is -0.279. The SMILES string of the molecule is Nc1c(C2CCCC2)[nH]n(-c2ccc(Cl)nn2)c1=O. The van der Waals surface area contributed by atoms with Crippen LogP contribution in [0.5, 0.6) is 0 Å². The Labute approximate surface area is 114 Å². The van der Waals surface area contributed by atoms with Gasteiger partial charge in [-0.25, -0.2) is 0 Å². The van der Waals surface area contributed by atoms with Gasteiger partial charge in [-0.1, -0.05) is 24.4 Å². The highest BCUT2D eigenvalue weighted by Gasteiger charge is 2.24. The molecule has 0 saturated heterocycles. The van der Waals surface area contributed by atoms with Gasteiger partial charge in [-0.3, -0.25) is 9.89 Å². The fourth-order valence-corrected chi connectivity index (χ4v) is 2.68. The molecule has 0 amide bonds. The van der Waals surface area contributed by atoms with Crippen molar-refractivity contribution in [2.45, 2.75) is 31.6 Å². The summed E-state index contributed by atoms with van der Waals surface area (Å²) in [6.07, 6.45) is 4.49. The van der Waals surface area contributed by atoms with E-state index in [1.54, 1.807) is 12.1 Å². The normalized spacial score (nSPS) is 16.1. The van der Waals surface area contributed by atoms with Crippen molar-refractivity contribution in [1.82, 2.24) is 20.0 Å². The summed E-state index contributed by atoms with van der Waals surface area (Å²) in [5.74, 6) is 0.736. The molecule has 0 spiro atoms. The van der Waals surface area contributed by atoms with Gasteiger partial charge in [0.2, 0.25) is 0 Å². The molecule has 100 valence electrons. The number of hydrogen-bond donors (Lipinski definition) is 2. The average Bonchev–Trinajstić information content (AvgIpc) is 3.02. The summed E-state index contributed by atoms with van der Waals surface area (Å²) >= 11 is 5.68. The van der Waals surface area contributed by atoms with Gasteiger partial charge >= 0.3 is 0 Å². The van der Waals surface area contributed by atoms with E-state index < -0.39 is 0 Å². The van der Waals surface area contributed by atoms with Crippen molar-refractivity contribution in [2.24, 2.45) is 0 Å². The Hall–Kier alpha value is -1.82. The zero-order chi connectivity index (χ0) is 13.4. The molecule has 0 unspecified atom stereocenters. The number of H-pyrrole nitrogens is 1. The van der Waals surface area contributed by atoms with E-state index in [1.165, 1.54) is 17.5 Å². The van der Waals surface area contributed by atoms with Gasteiger partial charge in [0.15, 0.2) is 11.0 Å². The number of halogens is 1. The van der Waals surface area contributed by atoms with Crippen molar-refractivity contribution < 1.29 is 0 Å². The lowest BCUT2D eigenvalue weighted by molar-refractivity contribution is 0.672. The highest BCUT2D eigenvalue weighted by atomic mass is 35.5. The Morgan fingerprint density at radius 2 is 2.05 bits per heavy atom. The van der Waals surface area contributed by atoms with Crippen molar-refractivity contribution in [2.75, 3.05) is 5.73 Å². The maximum atomic E-state index is 12.1. The van der Waals surface area contributed by atoms with Crippen molar-refractivity contribution in [3.63, 3.8) is 0 Å². The van der Waals surface area contributed by atoms with Gasteiger partial charge in [-0.15, -0.1) is 10.2 Å². The van der Waals surface area contributed by atoms with E-state index in [0.29, 0.717) is 11.7 Å². The first kappa shape index (κ1) is 12.2. The van der Waals surface area contributed by atoms with E-state index in [-0.39, 0.29) is 16.4 Å². The Morgan fingerprint density at radius 3 is 2.68 bits per heavy atom. The van der Waals surface area contributed by atoms with E-state index >= 15 is 0 Å². The van der Waals surface area contributed by atoms with Gasteiger partial charge in [0.05, 0.1) is 5.69 Å². The highest BCUT2D eigenvalue weighted by Crippen LogP contribution is 2.34. The standard InChI is InChI=1S/C12H14ClN5O/c13-8-5-6-9(16-15-8)18-12(19)10(14)11(17-18)7-3-1-2-4-7/h5-7,17H,1-4,14H2. The first-order valence-corrected chi connectivity index (χ1v) is 6.64. The Balaban J connectivity index is 2.05. The summed E-state index contributed by atoms with van der Waals surface area (Å²) in [7, 11) is 0. The molecule has 0 atom stereocenters. The molecule has 3 rings (SSSR count). The average molecular weight is 280 g/mol. The summed E-state index contributed by atoms with van der Waals surface area (Å²) < 4.78 is 1.33. The van der Waals surface area contributed by atoms with Crippen LogP contribution in [-0.4, -0.2) is 20.0 Å². The molecule has 2 aromatic heterocycles. The molecule has 0 radical (unpaired) electrons. The van der Waals surface area contributed by atoms with Crippen LogP contribution in [0.1, 0.15) is 37.3 Å². The maximum absolute atomic E-state index is 12.1. The molecule has 19 heavy (non-hydrogen) atoms. The molecule has 1 aliphatic rings. The molecule has 7 heteroatoms. The number of nitrogens with one attached hydrogen (secondary N) is 1. The molecule has 0 aliphatic heterocycles. The monoisotopic (exact) mass is 279 g/mol. The summed E-state index contributed by atoms with van der Waals surface area (Å²) in [4.78, 5) is 12.1. The van der Waals surface area contributed by atoms with Crippen LogP contribution in [-0.2, 0) is 0 Å². The first-order chi connectivity index (χ1) is 9.16. The summed E-state index contributed by atoms with van der Waals surface area (Å²) in [6, 6.07) is 3.22. The van der Waals surface area contributed by atoms with Crippen LogP contribution < -0.4 is 11.3 Å². The number of hydrogen-bond acceptors (Lipinski definition) is 4. The van der Waals surface area contributed by atoms with Crippen LogP contribution in [0.25, 0.3) is 5.82 Å². The minimum absolute atomic E-state index is 0.279. The lowest BCUT2D eigenvalue weighted by Gasteiger charge is -2.06. The fourth-order valence-electron chi connectivity index (χ4n) is 2.58. The van der Waals surface area contributed by atoms with Crippen LogP contribution >= 0.6 is 11.6 Å². The third kappa shape index (κ3) is 2.12. The molecule has 0 bridgehead atoms. The quantitative estimate of drug-likeness (QED) is 0.878. The van der Waals surface area contributed by atoms with Crippen molar-refractivity contribution in [3.05, 3.63) is 33.3 Å². The zero-order valence-corrected chi connectivity index (χ0v) is 11.0.